The van der Waals surface area contributed by atoms with Gasteiger partial charge in [-0.15, -0.1) is 0 Å². The van der Waals surface area contributed by atoms with Crippen LogP contribution >= 0.6 is 0 Å². The quantitative estimate of drug-likeness (QED) is 0.552. The van der Waals surface area contributed by atoms with E-state index in [0.29, 0.717) is 22.9 Å². The minimum absolute atomic E-state index is 0.0806. The van der Waals surface area contributed by atoms with E-state index in [1.165, 1.54) is 6.07 Å². The van der Waals surface area contributed by atoms with Gasteiger partial charge in [0, 0.05) is 17.4 Å². The smallest absolute Gasteiger partial charge is 0.274 e. The predicted octanol–water partition coefficient (Wildman–Crippen LogP) is 3.37. The summed E-state index contributed by atoms with van der Waals surface area (Å²) < 4.78 is 0. The molecule has 1 heterocycles. The number of anilines is 4. The maximum absolute atomic E-state index is 12.3. The van der Waals surface area contributed by atoms with Crippen molar-refractivity contribution in [3.05, 3.63) is 72.4 Å². The molecular formula is C18H16N4O2. The highest BCUT2D eigenvalue weighted by Crippen LogP contribution is 2.26. The van der Waals surface area contributed by atoms with Gasteiger partial charge < -0.3 is 21.5 Å². The van der Waals surface area contributed by atoms with Gasteiger partial charge in [0.1, 0.15) is 17.3 Å². The van der Waals surface area contributed by atoms with Crippen molar-refractivity contribution in [1.82, 2.24) is 4.98 Å². The number of carbonyl (C=O) groups is 1. The van der Waals surface area contributed by atoms with Crippen LogP contribution in [0.25, 0.3) is 0 Å². The lowest BCUT2D eigenvalue weighted by molar-refractivity contribution is 0.102. The summed E-state index contributed by atoms with van der Waals surface area (Å²) in [6.07, 6.45) is 0. The number of aromatic nitrogens is 1. The maximum atomic E-state index is 12.3. The van der Waals surface area contributed by atoms with Crippen LogP contribution in [0, 0.1) is 0 Å². The lowest BCUT2D eigenvalue weighted by atomic mass is 10.2. The lowest BCUT2D eigenvalue weighted by Crippen LogP contribution is -2.14. The Bertz CT molecular complexity index is 866. The van der Waals surface area contributed by atoms with Crippen molar-refractivity contribution in [3.8, 4) is 5.75 Å². The van der Waals surface area contributed by atoms with Gasteiger partial charge in [0.05, 0.1) is 5.69 Å². The van der Waals surface area contributed by atoms with E-state index in [9.17, 15) is 9.90 Å². The number of amides is 1. The highest BCUT2D eigenvalue weighted by atomic mass is 16.3. The Morgan fingerprint density at radius 1 is 1.00 bits per heavy atom. The summed E-state index contributed by atoms with van der Waals surface area (Å²) >= 11 is 0. The highest BCUT2D eigenvalue weighted by molar-refractivity contribution is 6.03. The first kappa shape index (κ1) is 15.4. The summed E-state index contributed by atoms with van der Waals surface area (Å²) in [7, 11) is 0. The first-order valence-electron chi connectivity index (χ1n) is 7.31. The standard InChI is InChI=1S/C18H16N4O2/c19-12-10-15(18(24)20-13-6-2-1-3-7-13)22-17(11-12)21-14-8-4-5-9-16(14)23/h1-11,23H,(H,20,24)(H3,19,21,22). The molecule has 0 aliphatic rings. The van der Waals surface area contributed by atoms with E-state index in [-0.39, 0.29) is 17.4 Å². The van der Waals surface area contributed by atoms with Crippen LogP contribution in [-0.2, 0) is 0 Å². The van der Waals surface area contributed by atoms with E-state index in [4.69, 9.17) is 5.73 Å². The average molecular weight is 320 g/mol. The van der Waals surface area contributed by atoms with Gasteiger partial charge in [-0.2, -0.15) is 0 Å². The molecule has 3 rings (SSSR count). The zero-order valence-electron chi connectivity index (χ0n) is 12.7. The molecule has 0 aliphatic carbocycles. The molecule has 0 saturated heterocycles. The summed E-state index contributed by atoms with van der Waals surface area (Å²) in [5.41, 5.74) is 7.57. The lowest BCUT2D eigenvalue weighted by Gasteiger charge is -2.10. The number of nitrogen functional groups attached to an aromatic ring is 1. The van der Waals surface area contributed by atoms with Crippen LogP contribution in [0.15, 0.2) is 66.7 Å². The van der Waals surface area contributed by atoms with Crippen molar-refractivity contribution in [2.24, 2.45) is 0 Å². The minimum Gasteiger partial charge on any atom is -0.506 e. The van der Waals surface area contributed by atoms with Crippen LogP contribution in [0.1, 0.15) is 10.5 Å². The highest BCUT2D eigenvalue weighted by Gasteiger charge is 2.11. The Hall–Kier alpha value is -3.54. The van der Waals surface area contributed by atoms with Crippen molar-refractivity contribution in [2.45, 2.75) is 0 Å². The number of nitrogens with one attached hydrogen (secondary N) is 2. The van der Waals surface area contributed by atoms with E-state index in [1.54, 1.807) is 42.5 Å². The van der Waals surface area contributed by atoms with E-state index in [2.05, 4.69) is 15.6 Å². The van der Waals surface area contributed by atoms with Gasteiger partial charge >= 0.3 is 0 Å². The third-order valence-corrected chi connectivity index (χ3v) is 3.28. The first-order valence-corrected chi connectivity index (χ1v) is 7.31. The molecule has 6 heteroatoms. The molecule has 2 aromatic carbocycles. The molecule has 5 N–H and O–H groups in total. The number of phenols is 1. The summed E-state index contributed by atoms with van der Waals surface area (Å²) in [6, 6.07) is 18.9. The van der Waals surface area contributed by atoms with Crippen molar-refractivity contribution >= 4 is 28.8 Å². The zero-order chi connectivity index (χ0) is 16.9. The first-order chi connectivity index (χ1) is 11.6. The second kappa shape index (κ2) is 6.70. The summed E-state index contributed by atoms with van der Waals surface area (Å²) in [5, 5.41) is 15.5. The molecule has 0 radical (unpaired) electrons. The average Bonchev–Trinajstić information content (AvgIpc) is 2.57. The minimum atomic E-state index is -0.367. The number of hydrogen-bond acceptors (Lipinski definition) is 5. The van der Waals surface area contributed by atoms with Gasteiger partial charge in [-0.1, -0.05) is 30.3 Å². The van der Waals surface area contributed by atoms with E-state index in [1.807, 2.05) is 18.2 Å². The third-order valence-electron chi connectivity index (χ3n) is 3.28. The third kappa shape index (κ3) is 3.61. The molecule has 0 bridgehead atoms. The molecule has 0 unspecified atom stereocenters. The monoisotopic (exact) mass is 320 g/mol. The molecule has 6 nitrogen and oxygen atoms in total. The van der Waals surface area contributed by atoms with Crippen LogP contribution in [-0.4, -0.2) is 16.0 Å². The maximum Gasteiger partial charge on any atom is 0.274 e. The van der Waals surface area contributed by atoms with Crippen molar-refractivity contribution < 1.29 is 9.90 Å². The number of nitrogens with zero attached hydrogens (tertiary/aromatic N) is 1. The number of para-hydroxylation sites is 3. The predicted molar refractivity (Wildman–Crippen MR) is 94.4 cm³/mol. The Labute approximate surface area is 139 Å². The molecule has 0 fully saturated rings. The fraction of sp³-hybridized carbons (Fsp3) is 0. The van der Waals surface area contributed by atoms with Crippen molar-refractivity contribution in [1.29, 1.82) is 0 Å². The van der Waals surface area contributed by atoms with E-state index in [0.717, 1.165) is 0 Å². The molecule has 1 amide bonds. The SMILES string of the molecule is Nc1cc(Nc2ccccc2O)nc(C(=O)Nc2ccccc2)c1. The van der Waals surface area contributed by atoms with Gasteiger partial charge in [0.15, 0.2) is 0 Å². The number of nitrogens with two attached hydrogens (primary N) is 1. The number of aromatic hydroxyl groups is 1. The summed E-state index contributed by atoms with van der Waals surface area (Å²) in [5.74, 6) is 0.0838. The number of rotatable bonds is 4. The Kier molecular flexibility index (Phi) is 4.29. The topological polar surface area (TPSA) is 100 Å². The van der Waals surface area contributed by atoms with Gasteiger partial charge in [0.25, 0.3) is 5.91 Å². The van der Waals surface area contributed by atoms with Crippen LogP contribution in [0.5, 0.6) is 5.75 Å². The molecule has 24 heavy (non-hydrogen) atoms. The van der Waals surface area contributed by atoms with E-state index < -0.39 is 0 Å². The molecule has 0 spiro atoms. The Morgan fingerprint density at radius 3 is 2.46 bits per heavy atom. The summed E-state index contributed by atoms with van der Waals surface area (Å²) in [4.78, 5) is 16.6. The molecular weight excluding hydrogens is 304 g/mol. The fourth-order valence-corrected chi connectivity index (χ4v) is 2.17. The Balaban J connectivity index is 1.83. The molecule has 1 aromatic heterocycles. The second-order valence-corrected chi connectivity index (χ2v) is 5.13. The molecule has 0 saturated carbocycles. The number of phenolic OH excluding ortho intramolecular Hbond substituents is 1. The number of carbonyl (C=O) groups excluding carboxylic acids is 1. The zero-order valence-corrected chi connectivity index (χ0v) is 12.7. The van der Waals surface area contributed by atoms with E-state index >= 15 is 0 Å². The van der Waals surface area contributed by atoms with Gasteiger partial charge in [0.2, 0.25) is 0 Å². The molecule has 0 aliphatic heterocycles. The second-order valence-electron chi connectivity index (χ2n) is 5.13. The summed E-state index contributed by atoms with van der Waals surface area (Å²) in [6.45, 7) is 0. The molecule has 0 atom stereocenters. The van der Waals surface area contributed by atoms with Crippen LogP contribution in [0.2, 0.25) is 0 Å². The Morgan fingerprint density at radius 2 is 1.71 bits per heavy atom. The number of hydrogen-bond donors (Lipinski definition) is 4. The largest absolute Gasteiger partial charge is 0.506 e. The van der Waals surface area contributed by atoms with Gasteiger partial charge in [-0.25, -0.2) is 4.98 Å². The number of benzene rings is 2. The van der Waals surface area contributed by atoms with Crippen LogP contribution in [0.3, 0.4) is 0 Å². The fourth-order valence-electron chi connectivity index (χ4n) is 2.17. The van der Waals surface area contributed by atoms with Crippen molar-refractivity contribution in [2.75, 3.05) is 16.4 Å². The van der Waals surface area contributed by atoms with Crippen LogP contribution in [0.4, 0.5) is 22.9 Å². The van der Waals surface area contributed by atoms with Crippen LogP contribution < -0.4 is 16.4 Å². The normalized spacial score (nSPS) is 10.2. The van der Waals surface area contributed by atoms with Crippen molar-refractivity contribution in [3.63, 3.8) is 0 Å². The van der Waals surface area contributed by atoms with Gasteiger partial charge in [-0.05, 0) is 30.3 Å². The molecule has 3 aromatic rings. The van der Waals surface area contributed by atoms with Gasteiger partial charge in [-0.3, -0.25) is 4.79 Å². The molecule has 120 valence electrons. The number of pyridine rings is 1.